The molecule has 4 nitrogen and oxygen atoms in total. The number of amidine groups is 1. The summed E-state index contributed by atoms with van der Waals surface area (Å²) in [5, 5.41) is 7.53. The van der Waals surface area contributed by atoms with E-state index in [9.17, 15) is 0 Å². The molecule has 0 fully saturated rings. The molecule has 1 N–H and O–H groups in total. The maximum absolute atomic E-state index is 7.53. The summed E-state index contributed by atoms with van der Waals surface area (Å²) in [4.78, 5) is 8.24. The molecule has 0 heterocycles. The number of hydrogen-bond acceptors (Lipinski definition) is 3. The van der Waals surface area contributed by atoms with Crippen molar-refractivity contribution in [3.05, 3.63) is 0 Å². The van der Waals surface area contributed by atoms with Crippen molar-refractivity contribution in [1.29, 1.82) is 5.41 Å². The van der Waals surface area contributed by atoms with Crippen LogP contribution in [0.2, 0.25) is 0 Å². The largest absolute Gasteiger partial charge is 0.309 e. The van der Waals surface area contributed by atoms with Crippen LogP contribution in [0.4, 0.5) is 0 Å². The molecule has 0 spiro atoms. The maximum atomic E-state index is 7.53. The average molecular weight is 198 g/mol. The first-order valence-corrected chi connectivity index (χ1v) is 4.91. The van der Waals surface area contributed by atoms with Crippen LogP contribution in [0.15, 0.2) is 4.99 Å². The van der Waals surface area contributed by atoms with E-state index in [1.807, 2.05) is 34.4 Å². The molecular formula is C10H22N4. The molecule has 14 heavy (non-hydrogen) atoms. The van der Waals surface area contributed by atoms with Crippen LogP contribution in [0.5, 0.6) is 0 Å². The summed E-state index contributed by atoms with van der Waals surface area (Å²) in [6.07, 6.45) is 3.47. The third kappa shape index (κ3) is 9.35. The second-order valence-corrected chi connectivity index (χ2v) is 3.90. The van der Waals surface area contributed by atoms with Crippen LogP contribution < -0.4 is 0 Å². The maximum Gasteiger partial charge on any atom is 0.121 e. The minimum atomic E-state index is 0.470. The lowest BCUT2D eigenvalue weighted by atomic mass is 10.3. The van der Waals surface area contributed by atoms with Crippen LogP contribution in [0.1, 0.15) is 12.8 Å². The highest BCUT2D eigenvalue weighted by Crippen LogP contribution is 1.88. The highest BCUT2D eigenvalue weighted by molar-refractivity contribution is 5.87. The molecule has 0 aromatic rings. The SMILES string of the molecule is CN(C)CCC=NC(=N)CCN(C)C. The zero-order valence-corrected chi connectivity index (χ0v) is 9.75. The molecule has 0 bridgehead atoms. The Labute approximate surface area is 87.1 Å². The van der Waals surface area contributed by atoms with Gasteiger partial charge in [-0.1, -0.05) is 0 Å². The van der Waals surface area contributed by atoms with Crippen LogP contribution in [0.3, 0.4) is 0 Å². The first-order valence-electron chi connectivity index (χ1n) is 4.91. The van der Waals surface area contributed by atoms with Crippen LogP contribution in [0, 0.1) is 5.41 Å². The van der Waals surface area contributed by atoms with E-state index in [0.717, 1.165) is 25.9 Å². The monoisotopic (exact) mass is 198 g/mol. The van der Waals surface area contributed by atoms with Crippen molar-refractivity contribution < 1.29 is 0 Å². The summed E-state index contributed by atoms with van der Waals surface area (Å²) < 4.78 is 0. The van der Waals surface area contributed by atoms with Crippen molar-refractivity contribution in [2.75, 3.05) is 41.3 Å². The molecule has 0 aliphatic rings. The Morgan fingerprint density at radius 3 is 2.21 bits per heavy atom. The molecule has 0 saturated carbocycles. The van der Waals surface area contributed by atoms with Crippen LogP contribution in [0.25, 0.3) is 0 Å². The number of hydrogen-bond donors (Lipinski definition) is 1. The minimum absolute atomic E-state index is 0.470. The van der Waals surface area contributed by atoms with Crippen molar-refractivity contribution in [1.82, 2.24) is 9.80 Å². The Morgan fingerprint density at radius 2 is 1.71 bits per heavy atom. The van der Waals surface area contributed by atoms with Gasteiger partial charge >= 0.3 is 0 Å². The molecular weight excluding hydrogens is 176 g/mol. The minimum Gasteiger partial charge on any atom is -0.309 e. The predicted molar refractivity (Wildman–Crippen MR) is 62.6 cm³/mol. The predicted octanol–water partition coefficient (Wildman–Crippen LogP) is 0.938. The molecule has 0 aromatic heterocycles. The van der Waals surface area contributed by atoms with E-state index in [4.69, 9.17) is 5.41 Å². The quantitative estimate of drug-likeness (QED) is 0.510. The summed E-state index contributed by atoms with van der Waals surface area (Å²) in [6.45, 7) is 1.88. The number of aliphatic imine (C=N–C) groups is 1. The number of nitrogens with one attached hydrogen (secondary N) is 1. The van der Waals surface area contributed by atoms with Gasteiger partial charge in [0, 0.05) is 25.7 Å². The zero-order valence-electron chi connectivity index (χ0n) is 9.75. The van der Waals surface area contributed by atoms with Crippen molar-refractivity contribution in [3.8, 4) is 0 Å². The van der Waals surface area contributed by atoms with Gasteiger partial charge in [-0.15, -0.1) is 0 Å². The molecule has 0 amide bonds. The lowest BCUT2D eigenvalue weighted by Gasteiger charge is -2.07. The Balaban J connectivity index is 3.51. The van der Waals surface area contributed by atoms with E-state index >= 15 is 0 Å². The Kier molecular flexibility index (Phi) is 7.24. The molecule has 82 valence electrons. The number of nitrogens with zero attached hydrogens (tertiary/aromatic N) is 3. The smallest absolute Gasteiger partial charge is 0.121 e. The van der Waals surface area contributed by atoms with E-state index in [0.29, 0.717) is 5.84 Å². The molecule has 0 aromatic carbocycles. The third-order valence-corrected chi connectivity index (χ3v) is 1.75. The highest BCUT2D eigenvalue weighted by atomic mass is 15.1. The second kappa shape index (κ2) is 7.64. The summed E-state index contributed by atoms with van der Waals surface area (Å²) in [7, 11) is 8.07. The molecule has 0 aliphatic carbocycles. The third-order valence-electron chi connectivity index (χ3n) is 1.75. The van der Waals surface area contributed by atoms with Gasteiger partial charge in [0.1, 0.15) is 5.84 Å². The van der Waals surface area contributed by atoms with Crippen LogP contribution in [-0.4, -0.2) is 63.1 Å². The van der Waals surface area contributed by atoms with Crippen LogP contribution >= 0.6 is 0 Å². The summed E-state index contributed by atoms with van der Waals surface area (Å²) in [5.74, 6) is 0.470. The van der Waals surface area contributed by atoms with Gasteiger partial charge in [0.15, 0.2) is 0 Å². The molecule has 0 aliphatic heterocycles. The van der Waals surface area contributed by atoms with Gasteiger partial charge in [0.2, 0.25) is 0 Å². The fourth-order valence-corrected chi connectivity index (χ4v) is 0.885. The lowest BCUT2D eigenvalue weighted by molar-refractivity contribution is 0.420. The molecule has 0 atom stereocenters. The highest BCUT2D eigenvalue weighted by Gasteiger charge is 1.94. The Morgan fingerprint density at radius 1 is 1.14 bits per heavy atom. The van der Waals surface area contributed by atoms with Gasteiger partial charge in [-0.3, -0.25) is 5.41 Å². The van der Waals surface area contributed by atoms with Gasteiger partial charge in [-0.05, 0) is 34.6 Å². The van der Waals surface area contributed by atoms with Gasteiger partial charge < -0.3 is 9.80 Å². The molecule has 0 rings (SSSR count). The topological polar surface area (TPSA) is 42.7 Å². The first kappa shape index (κ1) is 13.3. The van der Waals surface area contributed by atoms with E-state index in [1.54, 1.807) is 0 Å². The Bertz CT molecular complexity index is 185. The normalized spacial score (nSPS) is 11.9. The van der Waals surface area contributed by atoms with E-state index in [2.05, 4.69) is 14.8 Å². The summed E-state index contributed by atoms with van der Waals surface area (Å²) >= 11 is 0. The van der Waals surface area contributed by atoms with Crippen molar-refractivity contribution >= 4 is 12.1 Å². The lowest BCUT2D eigenvalue weighted by Crippen LogP contribution is -2.16. The van der Waals surface area contributed by atoms with Gasteiger partial charge in [0.25, 0.3) is 0 Å². The van der Waals surface area contributed by atoms with Gasteiger partial charge in [-0.2, -0.15) is 0 Å². The molecule has 0 unspecified atom stereocenters. The summed E-state index contributed by atoms with van der Waals surface area (Å²) in [5.41, 5.74) is 0. The van der Waals surface area contributed by atoms with Crippen molar-refractivity contribution in [3.63, 3.8) is 0 Å². The fraction of sp³-hybridized carbons (Fsp3) is 0.800. The van der Waals surface area contributed by atoms with Gasteiger partial charge in [0.05, 0.1) is 0 Å². The molecule has 4 heteroatoms. The molecule has 0 radical (unpaired) electrons. The first-order chi connectivity index (χ1) is 6.52. The van der Waals surface area contributed by atoms with Crippen molar-refractivity contribution in [2.24, 2.45) is 4.99 Å². The fourth-order valence-electron chi connectivity index (χ4n) is 0.885. The van der Waals surface area contributed by atoms with E-state index < -0.39 is 0 Å². The number of rotatable bonds is 6. The Hall–Kier alpha value is -0.740. The molecule has 0 saturated heterocycles. The van der Waals surface area contributed by atoms with Crippen LogP contribution in [-0.2, 0) is 0 Å². The summed E-state index contributed by atoms with van der Waals surface area (Å²) in [6, 6.07) is 0. The zero-order chi connectivity index (χ0) is 11.0. The standard InChI is InChI=1S/C10H22N4/c1-13(2)8-5-7-12-10(11)6-9-14(3)4/h7,11H,5-6,8-9H2,1-4H3. The van der Waals surface area contributed by atoms with E-state index in [-0.39, 0.29) is 0 Å². The van der Waals surface area contributed by atoms with Gasteiger partial charge in [-0.25, -0.2) is 4.99 Å². The second-order valence-electron chi connectivity index (χ2n) is 3.90. The van der Waals surface area contributed by atoms with E-state index in [1.165, 1.54) is 0 Å². The average Bonchev–Trinajstić information content (AvgIpc) is 2.08. The van der Waals surface area contributed by atoms with Crippen molar-refractivity contribution in [2.45, 2.75) is 12.8 Å².